The van der Waals surface area contributed by atoms with Gasteiger partial charge in [-0.3, -0.25) is 10.4 Å². The molecule has 1 aromatic carbocycles. The van der Waals surface area contributed by atoms with Crippen LogP contribution in [0, 0.1) is 22.7 Å². The second kappa shape index (κ2) is 7.83. The molecular formula is C19H17F2N5. The summed E-state index contributed by atoms with van der Waals surface area (Å²) in [5, 5.41) is 19.3. The number of fused-ring (bicyclic) bond motifs is 1. The molecule has 0 atom stereocenters. The smallest absolute Gasteiger partial charge is 0.280 e. The van der Waals surface area contributed by atoms with Gasteiger partial charge in [0.25, 0.3) is 6.43 Å². The first kappa shape index (κ1) is 17.7. The number of aromatic nitrogens is 2. The molecule has 0 radical (unpaired) electrons. The first-order valence-electron chi connectivity index (χ1n) is 8.20. The van der Waals surface area contributed by atoms with Gasteiger partial charge in [0.1, 0.15) is 5.71 Å². The number of nitrogens with one attached hydrogen (secondary N) is 2. The molecule has 1 saturated carbocycles. The molecule has 7 heteroatoms. The van der Waals surface area contributed by atoms with Crippen molar-refractivity contribution < 1.29 is 8.78 Å². The van der Waals surface area contributed by atoms with Crippen molar-refractivity contribution in [1.29, 1.82) is 10.7 Å². The molecule has 0 bridgehead atoms. The highest BCUT2D eigenvalue weighted by atomic mass is 19.3. The summed E-state index contributed by atoms with van der Waals surface area (Å²) in [6.07, 6.45) is 4.87. The van der Waals surface area contributed by atoms with Crippen LogP contribution in [0.5, 0.6) is 0 Å². The Balaban J connectivity index is 1.80. The van der Waals surface area contributed by atoms with Gasteiger partial charge in [0.05, 0.1) is 29.0 Å². The maximum absolute atomic E-state index is 13.1. The van der Waals surface area contributed by atoms with Gasteiger partial charge in [-0.15, -0.1) is 0 Å². The fraction of sp³-hybridized carbons (Fsp3) is 0.263. The summed E-state index contributed by atoms with van der Waals surface area (Å²) >= 11 is 0. The SMILES string of the molecule is N#C/C=C/C1CC(N/C=C(\C(=N)C(F)F)c2cnc3ccccc3n2)C1. The van der Waals surface area contributed by atoms with Crippen molar-refractivity contribution in [2.45, 2.75) is 25.3 Å². The van der Waals surface area contributed by atoms with Gasteiger partial charge < -0.3 is 5.32 Å². The Bertz CT molecular complexity index is 908. The molecule has 2 N–H and O–H groups in total. The largest absolute Gasteiger partial charge is 0.388 e. The highest BCUT2D eigenvalue weighted by Gasteiger charge is 2.27. The highest BCUT2D eigenvalue weighted by molar-refractivity contribution is 6.23. The maximum atomic E-state index is 13.1. The predicted octanol–water partition coefficient (Wildman–Crippen LogP) is 3.70. The normalized spacial score (nSPS) is 20.2. The molecule has 1 aliphatic rings. The van der Waals surface area contributed by atoms with Gasteiger partial charge in [-0.1, -0.05) is 18.2 Å². The van der Waals surface area contributed by atoms with Crippen LogP contribution in [-0.2, 0) is 0 Å². The van der Waals surface area contributed by atoms with E-state index in [1.54, 1.807) is 18.2 Å². The molecular weight excluding hydrogens is 336 g/mol. The van der Waals surface area contributed by atoms with E-state index in [9.17, 15) is 8.78 Å². The standard InChI is InChI=1S/C19H17F2N5/c20-19(21)18(23)14(10-24-13-8-12(9-13)4-3-7-22)17-11-25-15-5-1-2-6-16(15)26-17/h1-6,10-13,19,23-24H,8-9H2/b4-3+,14-10-,23-18?. The number of rotatable bonds is 6. The first-order chi connectivity index (χ1) is 12.6. The Kier molecular flexibility index (Phi) is 5.32. The molecule has 0 spiro atoms. The predicted molar refractivity (Wildman–Crippen MR) is 95.6 cm³/mol. The minimum atomic E-state index is -2.90. The lowest BCUT2D eigenvalue weighted by atomic mass is 9.80. The summed E-state index contributed by atoms with van der Waals surface area (Å²) in [5.41, 5.74) is 0.736. The summed E-state index contributed by atoms with van der Waals surface area (Å²) < 4.78 is 26.2. The number of para-hydroxylation sites is 2. The quantitative estimate of drug-likeness (QED) is 0.612. The van der Waals surface area contributed by atoms with Gasteiger partial charge in [0, 0.05) is 23.9 Å². The summed E-state index contributed by atoms with van der Waals surface area (Å²) in [6, 6.07) is 9.24. The Morgan fingerprint density at radius 3 is 2.73 bits per heavy atom. The van der Waals surface area contributed by atoms with E-state index in [0.717, 1.165) is 12.8 Å². The number of allylic oxidation sites excluding steroid dienone is 3. The van der Waals surface area contributed by atoms with Crippen LogP contribution in [0.15, 0.2) is 48.8 Å². The third-order valence-corrected chi connectivity index (χ3v) is 4.31. The second-order valence-electron chi connectivity index (χ2n) is 6.10. The molecule has 5 nitrogen and oxygen atoms in total. The lowest BCUT2D eigenvalue weighted by molar-refractivity contribution is 0.226. The summed E-state index contributed by atoms with van der Waals surface area (Å²) in [7, 11) is 0. The third kappa shape index (κ3) is 3.91. The number of alkyl halides is 2. The minimum absolute atomic E-state index is 0.0364. The van der Waals surface area contributed by atoms with E-state index in [1.807, 2.05) is 18.2 Å². The first-order valence-corrected chi connectivity index (χ1v) is 8.20. The number of nitriles is 1. The van der Waals surface area contributed by atoms with Crippen LogP contribution < -0.4 is 5.32 Å². The summed E-state index contributed by atoms with van der Waals surface area (Å²) in [5.74, 6) is 0.319. The fourth-order valence-electron chi connectivity index (χ4n) is 2.83. The molecule has 1 heterocycles. The molecule has 1 fully saturated rings. The number of halogens is 2. The van der Waals surface area contributed by atoms with Crippen molar-refractivity contribution in [2.75, 3.05) is 0 Å². The van der Waals surface area contributed by atoms with E-state index < -0.39 is 12.1 Å². The molecule has 26 heavy (non-hydrogen) atoms. The van der Waals surface area contributed by atoms with Gasteiger partial charge in [-0.25, -0.2) is 13.8 Å². The van der Waals surface area contributed by atoms with Gasteiger partial charge >= 0.3 is 0 Å². The van der Waals surface area contributed by atoms with Gasteiger partial charge in [0.15, 0.2) is 0 Å². The van der Waals surface area contributed by atoms with Gasteiger partial charge in [0.2, 0.25) is 0 Å². The van der Waals surface area contributed by atoms with Crippen LogP contribution in [0.1, 0.15) is 18.5 Å². The van der Waals surface area contributed by atoms with Crippen LogP contribution in [-0.4, -0.2) is 28.1 Å². The van der Waals surface area contributed by atoms with E-state index in [0.29, 0.717) is 17.0 Å². The average molecular weight is 353 g/mol. The molecule has 2 aromatic rings. The van der Waals surface area contributed by atoms with Crippen molar-refractivity contribution >= 4 is 22.3 Å². The van der Waals surface area contributed by atoms with Crippen LogP contribution in [0.25, 0.3) is 16.6 Å². The van der Waals surface area contributed by atoms with Crippen molar-refractivity contribution in [3.63, 3.8) is 0 Å². The second-order valence-corrected chi connectivity index (χ2v) is 6.10. The maximum Gasteiger partial charge on any atom is 0.280 e. The van der Waals surface area contributed by atoms with Crippen LogP contribution in [0.2, 0.25) is 0 Å². The lowest BCUT2D eigenvalue weighted by Gasteiger charge is -2.33. The number of hydrogen-bond donors (Lipinski definition) is 2. The number of hydrogen-bond acceptors (Lipinski definition) is 5. The Morgan fingerprint density at radius 2 is 2.04 bits per heavy atom. The topological polar surface area (TPSA) is 85.5 Å². The zero-order valence-electron chi connectivity index (χ0n) is 13.9. The molecule has 3 rings (SSSR count). The van der Waals surface area contributed by atoms with E-state index in [2.05, 4.69) is 15.3 Å². The summed E-state index contributed by atoms with van der Waals surface area (Å²) in [4.78, 5) is 8.60. The fourth-order valence-corrected chi connectivity index (χ4v) is 2.83. The Morgan fingerprint density at radius 1 is 1.31 bits per heavy atom. The monoisotopic (exact) mass is 353 g/mol. The zero-order chi connectivity index (χ0) is 18.5. The zero-order valence-corrected chi connectivity index (χ0v) is 13.9. The van der Waals surface area contributed by atoms with Crippen molar-refractivity contribution in [2.24, 2.45) is 5.92 Å². The minimum Gasteiger partial charge on any atom is -0.388 e. The van der Waals surface area contributed by atoms with Crippen molar-refractivity contribution in [3.05, 3.63) is 54.5 Å². The molecule has 1 aliphatic carbocycles. The average Bonchev–Trinajstić information content (AvgIpc) is 2.62. The number of nitrogens with zero attached hydrogens (tertiary/aromatic N) is 3. The molecule has 132 valence electrons. The van der Waals surface area contributed by atoms with Gasteiger partial charge in [-0.2, -0.15) is 5.26 Å². The summed E-state index contributed by atoms with van der Waals surface area (Å²) in [6.45, 7) is 0. The van der Waals surface area contributed by atoms with Crippen molar-refractivity contribution in [1.82, 2.24) is 15.3 Å². The third-order valence-electron chi connectivity index (χ3n) is 4.31. The molecule has 0 unspecified atom stereocenters. The van der Waals surface area contributed by atoms with E-state index in [1.165, 1.54) is 18.5 Å². The van der Waals surface area contributed by atoms with Crippen molar-refractivity contribution in [3.8, 4) is 6.07 Å². The van der Waals surface area contributed by atoms with Gasteiger partial charge in [-0.05, 0) is 30.9 Å². The molecule has 0 aliphatic heterocycles. The lowest BCUT2D eigenvalue weighted by Crippen LogP contribution is -2.38. The van der Waals surface area contributed by atoms with Crippen LogP contribution in [0.3, 0.4) is 0 Å². The number of benzene rings is 1. The molecule has 1 aromatic heterocycles. The van der Waals surface area contributed by atoms with Crippen LogP contribution >= 0.6 is 0 Å². The van der Waals surface area contributed by atoms with E-state index in [4.69, 9.17) is 10.7 Å². The highest BCUT2D eigenvalue weighted by Crippen LogP contribution is 2.29. The van der Waals surface area contributed by atoms with Crippen LogP contribution in [0.4, 0.5) is 8.78 Å². The molecule has 0 amide bonds. The Hall–Kier alpha value is -3.14. The van der Waals surface area contributed by atoms with E-state index >= 15 is 0 Å². The molecule has 0 saturated heterocycles. The Labute approximate surface area is 149 Å². The van der Waals surface area contributed by atoms with E-state index in [-0.39, 0.29) is 17.3 Å².